The first-order valence-corrected chi connectivity index (χ1v) is 18.8. The Labute approximate surface area is 315 Å². The molecule has 3 aliphatic heterocycles. The number of aromatic nitrogens is 5. The molecule has 13 nitrogen and oxygen atoms in total. The monoisotopic (exact) mass is 743 g/mol. The molecule has 2 aromatic carbocycles. The molecule has 3 aromatic heterocycles. The van der Waals surface area contributed by atoms with E-state index in [9.17, 15) is 19.2 Å². The Kier molecular flexibility index (Phi) is 9.76. The highest BCUT2D eigenvalue weighted by Gasteiger charge is 2.45. The number of fused-ring (bicyclic) bond motifs is 4. The fourth-order valence-corrected chi connectivity index (χ4v) is 8.41. The first-order valence-electron chi connectivity index (χ1n) is 17.9. The highest BCUT2D eigenvalue weighted by Crippen LogP contribution is 2.39. The number of ether oxygens (including phenoxy) is 2. The summed E-state index contributed by atoms with van der Waals surface area (Å²) in [7, 11) is 0. The molecule has 3 aliphatic rings. The van der Waals surface area contributed by atoms with Gasteiger partial charge in [-0.2, -0.15) is 5.10 Å². The summed E-state index contributed by atoms with van der Waals surface area (Å²) in [5.41, 5.74) is 5.58. The predicted octanol–water partition coefficient (Wildman–Crippen LogP) is 4.47. The van der Waals surface area contributed by atoms with E-state index in [-0.39, 0.29) is 24.5 Å². The second-order valence-corrected chi connectivity index (χ2v) is 14.5. The topological polar surface area (TPSA) is 151 Å². The van der Waals surface area contributed by atoms with Crippen LogP contribution in [0.3, 0.4) is 0 Å². The second-order valence-electron chi connectivity index (χ2n) is 13.5. The van der Waals surface area contributed by atoms with Crippen molar-refractivity contribution in [1.82, 2.24) is 34.8 Å². The smallest absolute Gasteiger partial charge is 0.262 e. The molecule has 6 heterocycles. The van der Waals surface area contributed by atoms with Crippen LogP contribution in [-0.4, -0.2) is 72.3 Å². The molecule has 0 radical (unpaired) electrons. The van der Waals surface area contributed by atoms with Gasteiger partial charge in [-0.15, -0.1) is 21.5 Å². The van der Waals surface area contributed by atoms with Crippen LogP contribution in [0.25, 0.3) is 5.00 Å². The van der Waals surface area contributed by atoms with E-state index in [0.717, 1.165) is 55.1 Å². The van der Waals surface area contributed by atoms with Crippen molar-refractivity contribution in [2.75, 3.05) is 13.2 Å². The number of carbonyl (C=O) groups is 4. The van der Waals surface area contributed by atoms with Gasteiger partial charge in [0.05, 0.1) is 47.5 Å². The van der Waals surface area contributed by atoms with Crippen molar-refractivity contribution in [1.29, 1.82) is 0 Å². The summed E-state index contributed by atoms with van der Waals surface area (Å²) in [5, 5.41) is 16.5. The molecule has 54 heavy (non-hydrogen) atoms. The number of aryl methyl sites for hydroxylation is 2. The first-order chi connectivity index (χ1) is 26.3. The molecular formula is C40H37N7O6S. The van der Waals surface area contributed by atoms with Crippen molar-refractivity contribution in [3.63, 3.8) is 0 Å². The lowest BCUT2D eigenvalue weighted by atomic mass is 9.99. The number of rotatable bonds is 10. The molecule has 5 aromatic rings. The van der Waals surface area contributed by atoms with E-state index in [0.29, 0.717) is 44.8 Å². The van der Waals surface area contributed by atoms with Crippen LogP contribution >= 0.6 is 11.3 Å². The van der Waals surface area contributed by atoms with Gasteiger partial charge in [-0.3, -0.25) is 38.6 Å². The van der Waals surface area contributed by atoms with Crippen LogP contribution in [0.5, 0.6) is 0 Å². The van der Waals surface area contributed by atoms with E-state index in [1.165, 1.54) is 5.56 Å². The lowest BCUT2D eigenvalue weighted by Crippen LogP contribution is -2.54. The number of piperidine rings is 1. The fraction of sp³-hybridized carbons (Fsp3) is 0.325. The summed E-state index contributed by atoms with van der Waals surface area (Å²) in [6.07, 6.45) is 5.55. The van der Waals surface area contributed by atoms with Gasteiger partial charge in [-0.05, 0) is 62.3 Å². The quantitative estimate of drug-likeness (QED) is 0.124. The minimum Gasteiger partial charge on any atom is -0.380 e. The number of nitrogens with one attached hydrogen (secondary N) is 1. The normalized spacial score (nSPS) is 17.8. The number of hydrogen-bond acceptors (Lipinski definition) is 10. The molecule has 0 saturated carbocycles. The zero-order chi connectivity index (χ0) is 37.3. The third-order valence-electron chi connectivity index (χ3n) is 9.92. The lowest BCUT2D eigenvalue weighted by Gasteiger charge is -2.27. The number of nitrogens with zero attached hydrogens (tertiary/aromatic N) is 6. The van der Waals surface area contributed by atoms with Crippen LogP contribution in [0, 0.1) is 18.8 Å². The van der Waals surface area contributed by atoms with Crippen LogP contribution in [0.1, 0.15) is 97.3 Å². The molecule has 0 bridgehead atoms. The van der Waals surface area contributed by atoms with Crippen molar-refractivity contribution in [3.8, 4) is 16.8 Å². The summed E-state index contributed by atoms with van der Waals surface area (Å²) in [6, 6.07) is 14.5. The summed E-state index contributed by atoms with van der Waals surface area (Å²) in [4.78, 5) is 52.5. The molecule has 0 aliphatic carbocycles. The van der Waals surface area contributed by atoms with E-state index in [1.807, 2.05) is 44.3 Å². The van der Waals surface area contributed by atoms with Crippen molar-refractivity contribution in [2.45, 2.75) is 71.2 Å². The Morgan fingerprint density at radius 3 is 2.70 bits per heavy atom. The van der Waals surface area contributed by atoms with E-state index in [4.69, 9.17) is 9.47 Å². The summed E-state index contributed by atoms with van der Waals surface area (Å²) in [6.45, 7) is 5.83. The maximum absolute atomic E-state index is 13.4. The maximum atomic E-state index is 13.4. The van der Waals surface area contributed by atoms with E-state index in [2.05, 4.69) is 49.2 Å². The standard InChI is InChI=1S/C40H37N7O6S/c1-24-36-44-43-25(2)46(36)40-31(23-53-24)30(20-26-8-4-3-5-9-26)33(54-40)15-13-27-21-41-45(22-27)17-19-52-18-7-11-28-10-6-12-29-35(28)39(51)47(38(29)50)32-14-16-34(48)42-37(32)49/h3-6,8-10,12,21-22,24,32H,7,11,14,16-20,23H2,1-2H3,(H,42,48,49)/t24-,32?/m0/s1. The average Bonchev–Trinajstić information content (AvgIpc) is 3.91. The van der Waals surface area contributed by atoms with Gasteiger partial charge in [-0.25, -0.2) is 0 Å². The zero-order valence-electron chi connectivity index (χ0n) is 29.8. The van der Waals surface area contributed by atoms with Gasteiger partial charge in [0.2, 0.25) is 11.8 Å². The molecule has 274 valence electrons. The van der Waals surface area contributed by atoms with Gasteiger partial charge < -0.3 is 9.47 Å². The van der Waals surface area contributed by atoms with Crippen molar-refractivity contribution >= 4 is 35.0 Å². The van der Waals surface area contributed by atoms with Crippen molar-refractivity contribution in [2.24, 2.45) is 0 Å². The molecule has 0 spiro atoms. The zero-order valence-corrected chi connectivity index (χ0v) is 30.6. The lowest BCUT2D eigenvalue weighted by molar-refractivity contribution is -0.136. The number of thiophene rings is 1. The van der Waals surface area contributed by atoms with Crippen LogP contribution in [0.15, 0.2) is 60.9 Å². The third-order valence-corrected chi connectivity index (χ3v) is 11.1. The van der Waals surface area contributed by atoms with E-state index >= 15 is 0 Å². The Balaban J connectivity index is 0.890. The number of amides is 4. The van der Waals surface area contributed by atoms with Crippen LogP contribution in [0.4, 0.5) is 0 Å². The van der Waals surface area contributed by atoms with Gasteiger partial charge in [0.1, 0.15) is 23.0 Å². The second kappa shape index (κ2) is 14.9. The van der Waals surface area contributed by atoms with Crippen molar-refractivity contribution < 1.29 is 28.7 Å². The predicted molar refractivity (Wildman–Crippen MR) is 197 cm³/mol. The molecule has 1 N–H and O–H groups in total. The molecule has 1 unspecified atom stereocenters. The Hall–Kier alpha value is -5.75. The highest BCUT2D eigenvalue weighted by atomic mass is 32.1. The highest BCUT2D eigenvalue weighted by molar-refractivity contribution is 7.15. The molecule has 4 amide bonds. The van der Waals surface area contributed by atoms with Gasteiger partial charge in [0.15, 0.2) is 5.82 Å². The third kappa shape index (κ3) is 6.77. The molecule has 8 rings (SSSR count). The average molecular weight is 744 g/mol. The van der Waals surface area contributed by atoms with E-state index < -0.39 is 29.7 Å². The molecule has 14 heteroatoms. The Bertz CT molecular complexity index is 2350. The molecule has 1 saturated heterocycles. The maximum Gasteiger partial charge on any atom is 0.262 e. The van der Waals surface area contributed by atoms with E-state index in [1.54, 1.807) is 34.3 Å². The minimum atomic E-state index is -0.990. The number of hydrogen-bond donors (Lipinski definition) is 1. The van der Waals surface area contributed by atoms with Crippen LogP contribution in [-0.2, 0) is 45.1 Å². The molecule has 1 fully saturated rings. The van der Waals surface area contributed by atoms with Gasteiger partial charge in [0.25, 0.3) is 11.8 Å². The minimum absolute atomic E-state index is 0.0792. The van der Waals surface area contributed by atoms with Gasteiger partial charge in [0, 0.05) is 24.8 Å². The molecule has 2 atom stereocenters. The van der Waals surface area contributed by atoms with Crippen LogP contribution < -0.4 is 5.32 Å². The van der Waals surface area contributed by atoms with Gasteiger partial charge in [-0.1, -0.05) is 54.3 Å². The number of benzene rings is 2. The molecular weight excluding hydrogens is 707 g/mol. The number of imide groups is 2. The first kappa shape index (κ1) is 35.3. The largest absolute Gasteiger partial charge is 0.380 e. The van der Waals surface area contributed by atoms with Crippen molar-refractivity contribution in [3.05, 3.63) is 116 Å². The van der Waals surface area contributed by atoms with Gasteiger partial charge >= 0.3 is 0 Å². The Morgan fingerprint density at radius 1 is 1.02 bits per heavy atom. The van der Waals surface area contributed by atoms with Crippen LogP contribution in [0.2, 0.25) is 0 Å². The Morgan fingerprint density at radius 2 is 1.87 bits per heavy atom. The number of carbonyl (C=O) groups excluding carboxylic acids is 4. The summed E-state index contributed by atoms with van der Waals surface area (Å²) in [5.74, 6) is 6.33. The summed E-state index contributed by atoms with van der Waals surface area (Å²) >= 11 is 1.63. The SMILES string of the molecule is Cc1nnc2n1-c1sc(C#Cc3cnn(CCOCCCc4cccc5c4C(=O)N(C4CCC(=O)NC4=O)C5=O)c3)c(Cc3ccccc3)c1CO[C@H]2C. The summed E-state index contributed by atoms with van der Waals surface area (Å²) < 4.78 is 16.0. The fourth-order valence-electron chi connectivity index (χ4n) is 7.18.